The highest BCUT2D eigenvalue weighted by atomic mass is 19.1. The lowest BCUT2D eigenvalue weighted by Crippen LogP contribution is -2.02. The molecule has 1 atom stereocenters. The van der Waals surface area contributed by atoms with E-state index in [1.807, 2.05) is 48.7 Å². The van der Waals surface area contributed by atoms with Crippen LogP contribution in [0.15, 0.2) is 79.0 Å². The summed E-state index contributed by atoms with van der Waals surface area (Å²) in [6, 6.07) is 22.4. The first-order chi connectivity index (χ1) is 15.2. The van der Waals surface area contributed by atoms with Gasteiger partial charge in [0.2, 0.25) is 0 Å². The van der Waals surface area contributed by atoms with Crippen molar-refractivity contribution >= 4 is 21.8 Å². The maximum absolute atomic E-state index is 13.3. The van der Waals surface area contributed by atoms with Gasteiger partial charge in [-0.1, -0.05) is 24.3 Å². The van der Waals surface area contributed by atoms with Crippen LogP contribution in [-0.2, 0) is 0 Å². The molecule has 3 aromatic carbocycles. The Kier molecular flexibility index (Phi) is 4.11. The van der Waals surface area contributed by atoms with Crippen molar-refractivity contribution in [3.63, 3.8) is 0 Å². The zero-order valence-electron chi connectivity index (χ0n) is 16.7. The van der Waals surface area contributed by atoms with Crippen LogP contribution in [0.5, 0.6) is 0 Å². The smallest absolute Gasteiger partial charge is 0.123 e. The molecule has 6 rings (SSSR count). The van der Waals surface area contributed by atoms with Crippen molar-refractivity contribution < 1.29 is 9.50 Å². The molecule has 0 spiro atoms. The molecule has 4 nitrogen and oxygen atoms in total. The van der Waals surface area contributed by atoms with Gasteiger partial charge in [-0.05, 0) is 72.9 Å². The van der Waals surface area contributed by atoms with Gasteiger partial charge in [0.15, 0.2) is 0 Å². The number of hydrogen-bond donors (Lipinski definition) is 1. The van der Waals surface area contributed by atoms with Crippen LogP contribution in [-0.4, -0.2) is 19.9 Å². The van der Waals surface area contributed by atoms with Gasteiger partial charge in [0.05, 0.1) is 34.7 Å². The fourth-order valence-electron chi connectivity index (χ4n) is 4.24. The zero-order valence-corrected chi connectivity index (χ0v) is 16.7. The van der Waals surface area contributed by atoms with E-state index in [2.05, 4.69) is 11.2 Å². The van der Waals surface area contributed by atoms with E-state index in [-0.39, 0.29) is 5.82 Å². The molecule has 152 valence electrons. The number of benzene rings is 3. The highest BCUT2D eigenvalue weighted by Gasteiger charge is 2.32. The van der Waals surface area contributed by atoms with Gasteiger partial charge in [0.25, 0.3) is 0 Å². The minimum absolute atomic E-state index is 0.269. The molecular formula is C26H20FN3O. The second kappa shape index (κ2) is 7.00. The summed E-state index contributed by atoms with van der Waals surface area (Å²) in [6.07, 6.45) is 3.49. The molecule has 2 aromatic heterocycles. The summed E-state index contributed by atoms with van der Waals surface area (Å²) in [7, 11) is 0. The molecule has 5 heteroatoms. The van der Waals surface area contributed by atoms with Gasteiger partial charge < -0.3 is 5.11 Å². The summed E-state index contributed by atoms with van der Waals surface area (Å²) in [5, 5.41) is 17.4. The number of aliphatic hydroxyl groups excluding tert-OH is 1. The van der Waals surface area contributed by atoms with E-state index in [0.29, 0.717) is 5.92 Å². The lowest BCUT2D eigenvalue weighted by atomic mass is 9.97. The number of rotatable bonds is 4. The Morgan fingerprint density at radius 1 is 0.968 bits per heavy atom. The summed E-state index contributed by atoms with van der Waals surface area (Å²) in [4.78, 5) is 4.87. The lowest BCUT2D eigenvalue weighted by Gasteiger charge is -2.15. The van der Waals surface area contributed by atoms with Gasteiger partial charge >= 0.3 is 0 Å². The summed E-state index contributed by atoms with van der Waals surface area (Å²) in [6.45, 7) is 0. The van der Waals surface area contributed by atoms with Crippen molar-refractivity contribution in [1.82, 2.24) is 14.8 Å². The van der Waals surface area contributed by atoms with Gasteiger partial charge in [0.1, 0.15) is 5.82 Å². The van der Waals surface area contributed by atoms with Crippen molar-refractivity contribution in [2.75, 3.05) is 0 Å². The molecule has 0 radical (unpaired) electrons. The number of hydrogen-bond acceptors (Lipinski definition) is 3. The minimum atomic E-state index is -0.461. The normalized spacial score (nSPS) is 14.9. The second-order valence-corrected chi connectivity index (χ2v) is 8.20. The van der Waals surface area contributed by atoms with Crippen LogP contribution < -0.4 is 0 Å². The van der Waals surface area contributed by atoms with Gasteiger partial charge in [-0.25, -0.2) is 14.1 Å². The predicted octanol–water partition coefficient (Wildman–Crippen LogP) is 5.82. The number of pyridine rings is 1. The average molecular weight is 409 g/mol. The van der Waals surface area contributed by atoms with Crippen molar-refractivity contribution in [2.45, 2.75) is 18.9 Å². The van der Waals surface area contributed by atoms with Crippen LogP contribution >= 0.6 is 0 Å². The summed E-state index contributed by atoms with van der Waals surface area (Å²) < 4.78 is 15.1. The predicted molar refractivity (Wildman–Crippen MR) is 119 cm³/mol. The summed E-state index contributed by atoms with van der Waals surface area (Å²) in [5.41, 5.74) is 5.39. The highest BCUT2D eigenvalue weighted by molar-refractivity contribution is 5.89. The number of aromatic nitrogens is 3. The molecule has 0 amide bonds. The monoisotopic (exact) mass is 409 g/mol. The Morgan fingerprint density at radius 2 is 1.77 bits per heavy atom. The molecule has 5 aromatic rings. The topological polar surface area (TPSA) is 50.9 Å². The first-order valence-electron chi connectivity index (χ1n) is 10.5. The molecule has 2 heterocycles. The molecule has 0 aliphatic heterocycles. The van der Waals surface area contributed by atoms with Gasteiger partial charge in [-0.3, -0.25) is 0 Å². The molecule has 1 aliphatic carbocycles. The molecule has 1 fully saturated rings. The SMILES string of the molecule is OC(c1cc(-c2ccc3c(cnn3-c3ccc(F)cc3)c2)nc2ccccc12)C1CC1. The quantitative estimate of drug-likeness (QED) is 0.407. The number of fused-ring (bicyclic) bond motifs is 2. The van der Waals surface area contributed by atoms with Crippen LogP contribution in [0, 0.1) is 11.7 Å². The number of aliphatic hydroxyl groups is 1. The van der Waals surface area contributed by atoms with E-state index >= 15 is 0 Å². The first kappa shape index (κ1) is 18.2. The average Bonchev–Trinajstić information content (AvgIpc) is 3.57. The Hall–Kier alpha value is -3.57. The van der Waals surface area contributed by atoms with Crippen LogP contribution in [0.2, 0.25) is 0 Å². The Labute approximate surface area is 178 Å². The third-order valence-electron chi connectivity index (χ3n) is 6.07. The maximum Gasteiger partial charge on any atom is 0.123 e. The maximum atomic E-state index is 13.3. The summed E-state index contributed by atoms with van der Waals surface area (Å²) in [5.74, 6) is 0.0733. The standard InChI is InChI=1S/C26H20FN3O/c27-19-8-10-20(11-9-19)30-25-12-7-17(13-18(25)15-28-30)24-14-22(26(31)16-5-6-16)21-3-1-2-4-23(21)29-24/h1-4,7-16,26,31H,5-6H2. The van der Waals surface area contributed by atoms with Gasteiger partial charge in [0, 0.05) is 16.3 Å². The fourth-order valence-corrected chi connectivity index (χ4v) is 4.24. The van der Waals surface area contributed by atoms with E-state index < -0.39 is 6.10 Å². The second-order valence-electron chi connectivity index (χ2n) is 8.20. The third-order valence-corrected chi connectivity index (χ3v) is 6.07. The van der Waals surface area contributed by atoms with Crippen LogP contribution in [0.4, 0.5) is 4.39 Å². The third kappa shape index (κ3) is 3.18. The Bertz CT molecular complexity index is 1420. The van der Waals surface area contributed by atoms with Crippen molar-refractivity contribution in [3.05, 3.63) is 90.4 Å². The molecule has 0 saturated heterocycles. The van der Waals surface area contributed by atoms with E-state index in [9.17, 15) is 9.50 Å². The molecule has 0 bridgehead atoms. The number of para-hydroxylation sites is 1. The van der Waals surface area contributed by atoms with E-state index in [1.54, 1.807) is 16.8 Å². The zero-order chi connectivity index (χ0) is 20.9. The molecule has 1 unspecified atom stereocenters. The van der Waals surface area contributed by atoms with Crippen LogP contribution in [0.25, 0.3) is 38.8 Å². The molecule has 1 aliphatic rings. The fraction of sp³-hybridized carbons (Fsp3) is 0.154. The lowest BCUT2D eigenvalue weighted by molar-refractivity contribution is 0.155. The van der Waals surface area contributed by atoms with Crippen LogP contribution in [0.1, 0.15) is 24.5 Å². The van der Waals surface area contributed by atoms with Crippen molar-refractivity contribution in [1.29, 1.82) is 0 Å². The Balaban J connectivity index is 1.47. The van der Waals surface area contributed by atoms with E-state index in [0.717, 1.165) is 57.2 Å². The molecule has 1 N–H and O–H groups in total. The summed E-state index contributed by atoms with van der Waals surface area (Å²) >= 11 is 0. The van der Waals surface area contributed by atoms with Gasteiger partial charge in [-0.15, -0.1) is 0 Å². The van der Waals surface area contributed by atoms with Crippen molar-refractivity contribution in [3.8, 4) is 16.9 Å². The minimum Gasteiger partial charge on any atom is -0.388 e. The largest absolute Gasteiger partial charge is 0.388 e. The molecular weight excluding hydrogens is 389 g/mol. The molecule has 31 heavy (non-hydrogen) atoms. The highest BCUT2D eigenvalue weighted by Crippen LogP contribution is 2.43. The number of nitrogens with zero attached hydrogens (tertiary/aromatic N) is 3. The van der Waals surface area contributed by atoms with E-state index in [1.165, 1.54) is 12.1 Å². The first-order valence-corrected chi connectivity index (χ1v) is 10.5. The number of halogens is 1. The van der Waals surface area contributed by atoms with E-state index in [4.69, 9.17) is 4.98 Å². The van der Waals surface area contributed by atoms with Crippen LogP contribution in [0.3, 0.4) is 0 Å². The molecule has 1 saturated carbocycles. The van der Waals surface area contributed by atoms with Gasteiger partial charge in [-0.2, -0.15) is 5.10 Å². The Morgan fingerprint density at radius 3 is 2.58 bits per heavy atom. The van der Waals surface area contributed by atoms with Crippen molar-refractivity contribution in [2.24, 2.45) is 5.92 Å².